The summed E-state index contributed by atoms with van der Waals surface area (Å²) in [4.78, 5) is 2.30. The van der Waals surface area contributed by atoms with Crippen LogP contribution < -0.4 is 5.73 Å². The average Bonchev–Trinajstić information content (AvgIpc) is 2.16. The largest absolute Gasteiger partial charge is 0.324 e. The Bertz CT molecular complexity index is 187. The van der Waals surface area contributed by atoms with Gasteiger partial charge >= 0.3 is 0 Å². The zero-order valence-electron chi connectivity index (χ0n) is 11.7. The van der Waals surface area contributed by atoms with E-state index in [1.54, 1.807) is 0 Å². The van der Waals surface area contributed by atoms with Crippen molar-refractivity contribution in [3.05, 3.63) is 0 Å². The SMILES string of the molecule is CCCC(C)C(C)(N(C)C)C(C)(N)CC. The van der Waals surface area contributed by atoms with Gasteiger partial charge < -0.3 is 10.6 Å². The van der Waals surface area contributed by atoms with Gasteiger partial charge in [-0.2, -0.15) is 0 Å². The molecule has 2 nitrogen and oxygen atoms in total. The molecule has 0 saturated heterocycles. The van der Waals surface area contributed by atoms with Gasteiger partial charge in [-0.15, -0.1) is 0 Å². The molecule has 92 valence electrons. The van der Waals surface area contributed by atoms with Gasteiger partial charge in [0.1, 0.15) is 0 Å². The highest BCUT2D eigenvalue weighted by Gasteiger charge is 2.45. The molecule has 0 aliphatic heterocycles. The molecule has 0 aromatic heterocycles. The minimum Gasteiger partial charge on any atom is -0.324 e. The maximum Gasteiger partial charge on any atom is 0.0377 e. The molecule has 3 unspecified atom stereocenters. The van der Waals surface area contributed by atoms with Crippen molar-refractivity contribution in [3.63, 3.8) is 0 Å². The predicted molar refractivity (Wildman–Crippen MR) is 69.0 cm³/mol. The molecule has 0 saturated carbocycles. The average molecular weight is 214 g/mol. The van der Waals surface area contributed by atoms with Crippen LogP contribution in [0.5, 0.6) is 0 Å². The van der Waals surface area contributed by atoms with Crippen LogP contribution in [-0.4, -0.2) is 30.1 Å². The zero-order valence-corrected chi connectivity index (χ0v) is 11.7. The summed E-state index contributed by atoms with van der Waals surface area (Å²) in [5, 5.41) is 0. The van der Waals surface area contributed by atoms with Gasteiger partial charge in [-0.3, -0.25) is 0 Å². The second-order valence-corrected chi connectivity index (χ2v) is 5.50. The molecule has 0 amide bonds. The molecule has 0 fully saturated rings. The summed E-state index contributed by atoms with van der Waals surface area (Å²) in [6.45, 7) is 11.2. The number of likely N-dealkylation sites (N-methyl/N-ethyl adjacent to an activating group) is 1. The molecular weight excluding hydrogens is 184 g/mol. The lowest BCUT2D eigenvalue weighted by Gasteiger charge is -2.52. The summed E-state index contributed by atoms with van der Waals surface area (Å²) >= 11 is 0. The van der Waals surface area contributed by atoms with Gasteiger partial charge in [0.15, 0.2) is 0 Å². The third-order valence-corrected chi connectivity index (χ3v) is 4.50. The predicted octanol–water partition coefficient (Wildman–Crippen LogP) is 2.87. The molecule has 2 N–H and O–H groups in total. The summed E-state index contributed by atoms with van der Waals surface area (Å²) in [6, 6.07) is 0. The number of nitrogens with zero attached hydrogens (tertiary/aromatic N) is 1. The Balaban J connectivity index is 5.05. The molecule has 0 spiro atoms. The van der Waals surface area contributed by atoms with Crippen molar-refractivity contribution in [3.8, 4) is 0 Å². The van der Waals surface area contributed by atoms with Crippen LogP contribution in [0.15, 0.2) is 0 Å². The monoisotopic (exact) mass is 214 g/mol. The molecular formula is C13H30N2. The molecule has 0 rings (SSSR count). The smallest absolute Gasteiger partial charge is 0.0377 e. The van der Waals surface area contributed by atoms with Gasteiger partial charge in [0, 0.05) is 11.1 Å². The molecule has 15 heavy (non-hydrogen) atoms. The number of hydrogen-bond acceptors (Lipinski definition) is 2. The van der Waals surface area contributed by atoms with Crippen LogP contribution in [0.1, 0.15) is 53.9 Å². The van der Waals surface area contributed by atoms with Gasteiger partial charge in [0.25, 0.3) is 0 Å². The maximum atomic E-state index is 6.48. The third-order valence-electron chi connectivity index (χ3n) is 4.50. The van der Waals surface area contributed by atoms with Crippen molar-refractivity contribution in [1.82, 2.24) is 4.90 Å². The topological polar surface area (TPSA) is 29.3 Å². The van der Waals surface area contributed by atoms with E-state index in [-0.39, 0.29) is 11.1 Å². The quantitative estimate of drug-likeness (QED) is 0.736. The minimum absolute atomic E-state index is 0.0672. The van der Waals surface area contributed by atoms with Crippen LogP contribution in [0, 0.1) is 5.92 Å². The molecule has 0 heterocycles. The summed E-state index contributed by atoms with van der Waals surface area (Å²) < 4.78 is 0. The number of nitrogens with two attached hydrogens (primary N) is 1. The zero-order chi connectivity index (χ0) is 12.3. The lowest BCUT2D eigenvalue weighted by Crippen LogP contribution is -2.66. The van der Waals surface area contributed by atoms with E-state index in [1.165, 1.54) is 12.8 Å². The van der Waals surface area contributed by atoms with Gasteiger partial charge in [0.05, 0.1) is 0 Å². The summed E-state index contributed by atoms with van der Waals surface area (Å²) in [5.74, 6) is 0.618. The van der Waals surface area contributed by atoms with E-state index in [0.29, 0.717) is 5.92 Å². The summed E-state index contributed by atoms with van der Waals surface area (Å²) in [5.41, 5.74) is 6.42. The van der Waals surface area contributed by atoms with Gasteiger partial charge in [-0.1, -0.05) is 27.2 Å². The van der Waals surface area contributed by atoms with E-state index in [1.807, 2.05) is 0 Å². The van der Waals surface area contributed by atoms with Crippen molar-refractivity contribution < 1.29 is 0 Å². The molecule has 0 aromatic rings. The highest BCUT2D eigenvalue weighted by Crippen LogP contribution is 2.36. The van der Waals surface area contributed by atoms with E-state index in [4.69, 9.17) is 5.73 Å². The first kappa shape index (κ1) is 14.9. The fraction of sp³-hybridized carbons (Fsp3) is 1.00. The summed E-state index contributed by atoms with van der Waals surface area (Å²) in [6.07, 6.45) is 3.47. The second kappa shape index (κ2) is 5.31. The van der Waals surface area contributed by atoms with Crippen LogP contribution in [0.4, 0.5) is 0 Å². The first-order valence-corrected chi connectivity index (χ1v) is 6.20. The van der Waals surface area contributed by atoms with Crippen molar-refractivity contribution in [1.29, 1.82) is 0 Å². The van der Waals surface area contributed by atoms with Crippen LogP contribution in [0.3, 0.4) is 0 Å². The third kappa shape index (κ3) is 2.73. The Kier molecular flexibility index (Phi) is 5.28. The van der Waals surface area contributed by atoms with Crippen molar-refractivity contribution in [2.24, 2.45) is 11.7 Å². The van der Waals surface area contributed by atoms with Crippen LogP contribution in [-0.2, 0) is 0 Å². The molecule has 0 bridgehead atoms. The maximum absolute atomic E-state index is 6.48. The number of hydrogen-bond donors (Lipinski definition) is 1. The number of rotatable bonds is 6. The van der Waals surface area contributed by atoms with E-state index >= 15 is 0 Å². The minimum atomic E-state index is -0.134. The second-order valence-electron chi connectivity index (χ2n) is 5.50. The van der Waals surface area contributed by atoms with E-state index in [2.05, 4.69) is 53.6 Å². The lowest BCUT2D eigenvalue weighted by atomic mass is 9.68. The molecule has 0 aliphatic carbocycles. The Hall–Kier alpha value is -0.0800. The van der Waals surface area contributed by atoms with E-state index < -0.39 is 0 Å². The Morgan fingerprint density at radius 3 is 1.93 bits per heavy atom. The Labute approximate surface area is 96.2 Å². The molecule has 0 aliphatic rings. The van der Waals surface area contributed by atoms with Crippen molar-refractivity contribution >= 4 is 0 Å². The first-order chi connectivity index (χ1) is 6.74. The Morgan fingerprint density at radius 1 is 1.20 bits per heavy atom. The lowest BCUT2D eigenvalue weighted by molar-refractivity contribution is 0.0222. The fourth-order valence-electron chi connectivity index (χ4n) is 2.59. The summed E-state index contributed by atoms with van der Waals surface area (Å²) in [7, 11) is 4.29. The van der Waals surface area contributed by atoms with Crippen LogP contribution >= 0.6 is 0 Å². The van der Waals surface area contributed by atoms with Gasteiger partial charge in [-0.05, 0) is 46.7 Å². The standard InChI is InChI=1S/C13H30N2/c1-8-10-11(3)13(5,15(6)7)12(4,14)9-2/h11H,8-10,14H2,1-7H3. The van der Waals surface area contributed by atoms with Gasteiger partial charge in [-0.25, -0.2) is 0 Å². The molecule has 0 aromatic carbocycles. The fourth-order valence-corrected chi connectivity index (χ4v) is 2.59. The normalized spacial score (nSPS) is 22.2. The highest BCUT2D eigenvalue weighted by molar-refractivity contribution is 5.05. The van der Waals surface area contributed by atoms with Crippen molar-refractivity contribution in [2.75, 3.05) is 14.1 Å². The first-order valence-electron chi connectivity index (χ1n) is 6.20. The molecule has 2 heteroatoms. The van der Waals surface area contributed by atoms with Gasteiger partial charge in [0.2, 0.25) is 0 Å². The van der Waals surface area contributed by atoms with Crippen molar-refractivity contribution in [2.45, 2.75) is 65.0 Å². The highest BCUT2D eigenvalue weighted by atomic mass is 15.2. The van der Waals surface area contributed by atoms with Crippen LogP contribution in [0.2, 0.25) is 0 Å². The van der Waals surface area contributed by atoms with E-state index in [9.17, 15) is 0 Å². The molecule has 0 radical (unpaired) electrons. The molecule has 3 atom stereocenters. The van der Waals surface area contributed by atoms with Crippen LogP contribution in [0.25, 0.3) is 0 Å². The Morgan fingerprint density at radius 2 is 1.67 bits per heavy atom. The van der Waals surface area contributed by atoms with E-state index in [0.717, 1.165) is 6.42 Å².